The van der Waals surface area contributed by atoms with Crippen LogP contribution in [0.2, 0.25) is 0 Å². The molecule has 0 radical (unpaired) electrons. The van der Waals surface area contributed by atoms with E-state index in [4.69, 9.17) is 0 Å². The van der Waals surface area contributed by atoms with Crippen molar-refractivity contribution in [3.05, 3.63) is 35.4 Å². The van der Waals surface area contributed by atoms with E-state index in [9.17, 15) is 0 Å². The lowest BCUT2D eigenvalue weighted by Crippen LogP contribution is -2.23. The van der Waals surface area contributed by atoms with E-state index >= 15 is 0 Å². The smallest absolute Gasteiger partial charge is 0.0101 e. The molecule has 0 unspecified atom stereocenters. The zero-order valence-corrected chi connectivity index (χ0v) is 9.16. The van der Waals surface area contributed by atoms with E-state index in [-0.39, 0.29) is 12.4 Å². The summed E-state index contributed by atoms with van der Waals surface area (Å²) < 4.78 is 0. The molecule has 1 aliphatic carbocycles. The average Bonchev–Trinajstić information content (AvgIpc) is 2.04. The summed E-state index contributed by atoms with van der Waals surface area (Å²) in [6.07, 6.45) is 3.97. The Morgan fingerprint density at radius 3 is 2.54 bits per heavy atom. The van der Waals surface area contributed by atoms with E-state index in [0.29, 0.717) is 5.41 Å². The molecule has 1 heteroatoms. The largest absolute Gasteiger partial charge is 0.147 e. The van der Waals surface area contributed by atoms with E-state index in [1.807, 2.05) is 0 Å². The third-order valence-corrected chi connectivity index (χ3v) is 2.99. The number of hydrogen-bond acceptors (Lipinski definition) is 0. The molecule has 0 saturated heterocycles. The summed E-state index contributed by atoms with van der Waals surface area (Å²) in [6, 6.07) is 8.87. The van der Waals surface area contributed by atoms with Crippen LogP contribution in [0.25, 0.3) is 0 Å². The fraction of sp³-hybridized carbons (Fsp3) is 0.500. The van der Waals surface area contributed by atoms with E-state index in [0.717, 1.165) is 0 Å². The van der Waals surface area contributed by atoms with Crippen molar-refractivity contribution >= 4 is 12.4 Å². The molecule has 72 valence electrons. The van der Waals surface area contributed by atoms with Crippen LogP contribution in [0.3, 0.4) is 0 Å². The molecule has 1 aromatic rings. The topological polar surface area (TPSA) is 0 Å². The number of fused-ring (bicyclic) bond motifs is 1. The summed E-state index contributed by atoms with van der Waals surface area (Å²) in [6.45, 7) is 4.70. The van der Waals surface area contributed by atoms with Gasteiger partial charge in [0.05, 0.1) is 0 Å². The molecule has 1 aliphatic rings. The number of halogens is 1. The van der Waals surface area contributed by atoms with Gasteiger partial charge in [-0.2, -0.15) is 0 Å². The summed E-state index contributed by atoms with van der Waals surface area (Å²) in [5, 5.41) is 0. The molecule has 0 fully saturated rings. The van der Waals surface area contributed by atoms with Crippen LogP contribution < -0.4 is 0 Å². The molecule has 2 rings (SSSR count). The molecule has 0 heterocycles. The van der Waals surface area contributed by atoms with Crippen LogP contribution in [0.5, 0.6) is 0 Å². The van der Waals surface area contributed by atoms with Crippen LogP contribution >= 0.6 is 12.4 Å². The van der Waals surface area contributed by atoms with Crippen molar-refractivity contribution < 1.29 is 0 Å². The average molecular weight is 197 g/mol. The van der Waals surface area contributed by atoms with E-state index in [1.54, 1.807) is 11.1 Å². The predicted octanol–water partition coefficient (Wildman–Crippen LogP) is 3.72. The van der Waals surface area contributed by atoms with Gasteiger partial charge < -0.3 is 0 Å². The Hall–Kier alpha value is -0.490. The maximum atomic E-state index is 2.35. The minimum absolute atomic E-state index is 0. The van der Waals surface area contributed by atoms with Crippen LogP contribution in [0.1, 0.15) is 37.8 Å². The van der Waals surface area contributed by atoms with Crippen molar-refractivity contribution in [2.45, 2.75) is 38.5 Å². The second-order valence-electron chi connectivity index (χ2n) is 4.39. The lowest BCUT2D eigenvalue weighted by Gasteiger charge is -2.32. The quantitative estimate of drug-likeness (QED) is 0.594. The normalized spacial score (nSPS) is 18.6. The molecule has 0 aromatic heterocycles. The minimum atomic E-state index is 0. The van der Waals surface area contributed by atoms with Gasteiger partial charge in [0.1, 0.15) is 0 Å². The van der Waals surface area contributed by atoms with Crippen molar-refractivity contribution in [1.82, 2.24) is 0 Å². The van der Waals surface area contributed by atoms with Crippen LogP contribution in [0.15, 0.2) is 24.3 Å². The highest BCUT2D eigenvalue weighted by Crippen LogP contribution is 2.36. The van der Waals surface area contributed by atoms with E-state index < -0.39 is 0 Å². The Bertz CT molecular complexity index is 289. The fourth-order valence-corrected chi connectivity index (χ4v) is 2.25. The Morgan fingerprint density at radius 2 is 1.85 bits per heavy atom. The van der Waals surface area contributed by atoms with Crippen LogP contribution in [-0.2, 0) is 11.8 Å². The summed E-state index contributed by atoms with van der Waals surface area (Å²) in [4.78, 5) is 0. The highest BCUT2D eigenvalue weighted by Gasteiger charge is 2.26. The zero-order valence-electron chi connectivity index (χ0n) is 8.34. The lowest BCUT2D eigenvalue weighted by molar-refractivity contribution is 0.432. The number of aryl methyl sites for hydroxylation is 1. The minimum Gasteiger partial charge on any atom is -0.147 e. The van der Waals surface area contributed by atoms with Crippen LogP contribution in [0.4, 0.5) is 0 Å². The number of rotatable bonds is 0. The first-order chi connectivity index (χ1) is 5.70. The van der Waals surface area contributed by atoms with Gasteiger partial charge in [0, 0.05) is 0 Å². The van der Waals surface area contributed by atoms with Crippen molar-refractivity contribution in [3.63, 3.8) is 0 Å². The Kier molecular flexibility index (Phi) is 3.02. The molecular formula is C12H17Cl. The van der Waals surface area contributed by atoms with Gasteiger partial charge in [-0.25, -0.2) is 0 Å². The molecule has 1 aromatic carbocycles. The fourth-order valence-electron chi connectivity index (χ4n) is 2.25. The molecule has 0 bridgehead atoms. The van der Waals surface area contributed by atoms with Crippen LogP contribution in [-0.4, -0.2) is 0 Å². The number of hydrogen-bond donors (Lipinski definition) is 0. The maximum absolute atomic E-state index is 2.35. The van der Waals surface area contributed by atoms with Gasteiger partial charge in [-0.15, -0.1) is 12.4 Å². The Balaban J connectivity index is 0.000000845. The maximum Gasteiger partial charge on any atom is -0.0101 e. The van der Waals surface area contributed by atoms with Gasteiger partial charge in [-0.05, 0) is 35.8 Å². The first kappa shape index (κ1) is 10.6. The van der Waals surface area contributed by atoms with Gasteiger partial charge in [0.15, 0.2) is 0 Å². The first-order valence-corrected chi connectivity index (χ1v) is 4.78. The van der Waals surface area contributed by atoms with E-state index in [1.165, 1.54) is 19.3 Å². The van der Waals surface area contributed by atoms with Gasteiger partial charge in [0.25, 0.3) is 0 Å². The van der Waals surface area contributed by atoms with Crippen molar-refractivity contribution in [2.24, 2.45) is 0 Å². The standard InChI is InChI=1S/C12H16.ClH/c1-12(2)9-5-7-10-6-3-4-8-11(10)12;/h3-4,6,8H,5,7,9H2,1-2H3;1H. The zero-order chi connectivity index (χ0) is 8.60. The van der Waals surface area contributed by atoms with Crippen LogP contribution in [0, 0.1) is 0 Å². The summed E-state index contributed by atoms with van der Waals surface area (Å²) in [5.41, 5.74) is 3.54. The molecule has 0 nitrogen and oxygen atoms in total. The summed E-state index contributed by atoms with van der Waals surface area (Å²) in [5.74, 6) is 0. The monoisotopic (exact) mass is 196 g/mol. The molecule has 0 atom stereocenters. The van der Waals surface area contributed by atoms with Crippen molar-refractivity contribution in [3.8, 4) is 0 Å². The third kappa shape index (κ3) is 1.88. The van der Waals surface area contributed by atoms with Gasteiger partial charge in [-0.1, -0.05) is 38.1 Å². The SMILES string of the molecule is CC1(C)CCCc2ccccc21.Cl. The van der Waals surface area contributed by atoms with Crippen molar-refractivity contribution in [2.75, 3.05) is 0 Å². The molecule has 0 amide bonds. The van der Waals surface area contributed by atoms with Crippen molar-refractivity contribution in [1.29, 1.82) is 0 Å². The highest BCUT2D eigenvalue weighted by molar-refractivity contribution is 5.85. The highest BCUT2D eigenvalue weighted by atomic mass is 35.5. The second-order valence-corrected chi connectivity index (χ2v) is 4.39. The predicted molar refractivity (Wildman–Crippen MR) is 59.7 cm³/mol. The molecule has 0 saturated carbocycles. The molecule has 13 heavy (non-hydrogen) atoms. The lowest BCUT2D eigenvalue weighted by atomic mass is 9.73. The second kappa shape index (κ2) is 3.71. The number of benzene rings is 1. The van der Waals surface area contributed by atoms with Gasteiger partial charge in [-0.3, -0.25) is 0 Å². The molecular weight excluding hydrogens is 180 g/mol. The van der Waals surface area contributed by atoms with E-state index in [2.05, 4.69) is 38.1 Å². The first-order valence-electron chi connectivity index (χ1n) is 4.78. The van der Waals surface area contributed by atoms with Gasteiger partial charge in [0.2, 0.25) is 0 Å². The Morgan fingerprint density at radius 1 is 1.15 bits per heavy atom. The summed E-state index contributed by atoms with van der Waals surface area (Å²) >= 11 is 0. The Labute approximate surface area is 86.8 Å². The molecule has 0 spiro atoms. The van der Waals surface area contributed by atoms with Gasteiger partial charge >= 0.3 is 0 Å². The third-order valence-electron chi connectivity index (χ3n) is 2.99. The molecule has 0 N–H and O–H groups in total. The molecule has 0 aliphatic heterocycles. The summed E-state index contributed by atoms with van der Waals surface area (Å²) in [7, 11) is 0.